The summed E-state index contributed by atoms with van der Waals surface area (Å²) in [4.78, 5) is 26.4. The molecule has 2 N–H and O–H groups in total. The number of nitrogens with one attached hydrogen (secondary N) is 1. The first kappa shape index (κ1) is 17.7. The van der Waals surface area contributed by atoms with Crippen molar-refractivity contribution < 1.29 is 32.6 Å². The van der Waals surface area contributed by atoms with Crippen LogP contribution in [0.15, 0.2) is 18.3 Å². The topological polar surface area (TPSA) is 88.5 Å². The zero-order valence-electron chi connectivity index (χ0n) is 11.7. The van der Waals surface area contributed by atoms with Gasteiger partial charge in [0.1, 0.15) is 6.04 Å². The SMILES string of the molecule is CCCC(NC(=O)c1ccnc(OCC(F)(F)F)c1)C(=O)O. The number of ether oxygens (including phenoxy) is 1. The van der Waals surface area contributed by atoms with E-state index in [0.29, 0.717) is 6.42 Å². The van der Waals surface area contributed by atoms with Crippen LogP contribution in [0.2, 0.25) is 0 Å². The van der Waals surface area contributed by atoms with Crippen molar-refractivity contribution in [3.05, 3.63) is 23.9 Å². The van der Waals surface area contributed by atoms with E-state index < -0.39 is 30.7 Å². The van der Waals surface area contributed by atoms with E-state index in [9.17, 15) is 22.8 Å². The number of alkyl halides is 3. The maximum atomic E-state index is 12.0. The van der Waals surface area contributed by atoms with Gasteiger partial charge in [0.25, 0.3) is 5.91 Å². The molecule has 1 aromatic heterocycles. The lowest BCUT2D eigenvalue weighted by atomic mass is 10.1. The van der Waals surface area contributed by atoms with Crippen LogP contribution in [0.5, 0.6) is 5.88 Å². The Hall–Kier alpha value is -2.32. The monoisotopic (exact) mass is 320 g/mol. The first-order chi connectivity index (χ1) is 10.2. The molecule has 122 valence electrons. The maximum Gasteiger partial charge on any atom is 0.422 e. The van der Waals surface area contributed by atoms with Gasteiger partial charge in [0.15, 0.2) is 6.61 Å². The summed E-state index contributed by atoms with van der Waals surface area (Å²) in [7, 11) is 0. The van der Waals surface area contributed by atoms with E-state index in [0.717, 1.165) is 12.3 Å². The van der Waals surface area contributed by atoms with Crippen molar-refractivity contribution in [1.29, 1.82) is 0 Å². The maximum absolute atomic E-state index is 12.0. The van der Waals surface area contributed by atoms with E-state index >= 15 is 0 Å². The number of carboxylic acid groups (broad SMARTS) is 1. The highest BCUT2D eigenvalue weighted by Gasteiger charge is 2.28. The first-order valence-electron chi connectivity index (χ1n) is 6.42. The summed E-state index contributed by atoms with van der Waals surface area (Å²) in [5.41, 5.74) is -0.0328. The van der Waals surface area contributed by atoms with E-state index in [-0.39, 0.29) is 17.9 Å². The third-order valence-electron chi connectivity index (χ3n) is 2.56. The van der Waals surface area contributed by atoms with Crippen molar-refractivity contribution in [1.82, 2.24) is 10.3 Å². The van der Waals surface area contributed by atoms with Gasteiger partial charge in [-0.3, -0.25) is 4.79 Å². The van der Waals surface area contributed by atoms with Crippen molar-refractivity contribution in [2.24, 2.45) is 0 Å². The molecule has 1 rings (SSSR count). The van der Waals surface area contributed by atoms with Gasteiger partial charge in [0.2, 0.25) is 5.88 Å². The number of carbonyl (C=O) groups is 2. The zero-order valence-corrected chi connectivity index (χ0v) is 11.7. The van der Waals surface area contributed by atoms with Crippen molar-refractivity contribution in [3.8, 4) is 5.88 Å². The summed E-state index contributed by atoms with van der Waals surface area (Å²) >= 11 is 0. The predicted molar refractivity (Wildman–Crippen MR) is 69.6 cm³/mol. The Morgan fingerprint density at radius 2 is 2.14 bits per heavy atom. The fourth-order valence-electron chi connectivity index (χ4n) is 1.57. The lowest BCUT2D eigenvalue weighted by Gasteiger charge is -2.14. The fraction of sp³-hybridized carbons (Fsp3) is 0.462. The molecule has 1 heterocycles. The van der Waals surface area contributed by atoms with Crippen molar-refractivity contribution in [2.45, 2.75) is 32.0 Å². The van der Waals surface area contributed by atoms with Crippen LogP contribution in [-0.4, -0.2) is 40.8 Å². The molecule has 0 fully saturated rings. The lowest BCUT2D eigenvalue weighted by molar-refractivity contribution is -0.154. The molecular weight excluding hydrogens is 305 g/mol. The molecule has 0 aliphatic rings. The minimum absolute atomic E-state index is 0.0328. The van der Waals surface area contributed by atoms with Gasteiger partial charge in [-0.1, -0.05) is 13.3 Å². The number of hydrogen-bond acceptors (Lipinski definition) is 4. The summed E-state index contributed by atoms with van der Waals surface area (Å²) in [6.07, 6.45) is -2.62. The molecule has 1 atom stereocenters. The van der Waals surface area contributed by atoms with Crippen LogP contribution in [0.25, 0.3) is 0 Å². The second-order valence-corrected chi connectivity index (χ2v) is 4.44. The molecule has 6 nitrogen and oxygen atoms in total. The number of hydrogen-bond donors (Lipinski definition) is 2. The fourth-order valence-corrected chi connectivity index (χ4v) is 1.57. The molecule has 0 bridgehead atoms. The van der Waals surface area contributed by atoms with E-state index in [2.05, 4.69) is 15.0 Å². The molecule has 0 saturated carbocycles. The Morgan fingerprint density at radius 1 is 1.45 bits per heavy atom. The van der Waals surface area contributed by atoms with Gasteiger partial charge in [0, 0.05) is 17.8 Å². The van der Waals surface area contributed by atoms with Gasteiger partial charge in [0.05, 0.1) is 0 Å². The van der Waals surface area contributed by atoms with E-state index in [1.165, 1.54) is 6.07 Å². The number of pyridine rings is 1. The highest BCUT2D eigenvalue weighted by molar-refractivity contribution is 5.96. The average molecular weight is 320 g/mol. The Labute approximate surface area is 124 Å². The number of carboxylic acids is 1. The van der Waals surface area contributed by atoms with Crippen LogP contribution in [0.4, 0.5) is 13.2 Å². The largest absolute Gasteiger partial charge is 0.480 e. The molecule has 0 radical (unpaired) electrons. The van der Waals surface area contributed by atoms with E-state index in [1.807, 2.05) is 0 Å². The molecule has 22 heavy (non-hydrogen) atoms. The Kier molecular flexibility index (Phi) is 6.14. The van der Waals surface area contributed by atoms with Crippen LogP contribution in [0, 0.1) is 0 Å². The van der Waals surface area contributed by atoms with Gasteiger partial charge >= 0.3 is 12.1 Å². The second kappa shape index (κ2) is 7.62. The summed E-state index contributed by atoms with van der Waals surface area (Å²) in [6, 6.07) is 1.21. The van der Waals surface area contributed by atoms with E-state index in [1.54, 1.807) is 6.92 Å². The van der Waals surface area contributed by atoms with Gasteiger partial charge in [-0.25, -0.2) is 9.78 Å². The Morgan fingerprint density at radius 3 is 2.68 bits per heavy atom. The van der Waals surface area contributed by atoms with Gasteiger partial charge < -0.3 is 15.2 Å². The van der Waals surface area contributed by atoms with Crippen molar-refractivity contribution in [2.75, 3.05) is 6.61 Å². The van der Waals surface area contributed by atoms with E-state index in [4.69, 9.17) is 5.11 Å². The normalized spacial score (nSPS) is 12.5. The highest BCUT2D eigenvalue weighted by atomic mass is 19.4. The Balaban J connectivity index is 2.75. The summed E-state index contributed by atoms with van der Waals surface area (Å²) in [6.45, 7) is 0.232. The smallest absolute Gasteiger partial charge is 0.422 e. The molecule has 9 heteroatoms. The summed E-state index contributed by atoms with van der Waals surface area (Å²) in [5.74, 6) is -2.27. The number of carbonyl (C=O) groups excluding carboxylic acids is 1. The van der Waals surface area contributed by atoms with Gasteiger partial charge in [-0.15, -0.1) is 0 Å². The van der Waals surface area contributed by atoms with Gasteiger partial charge in [-0.2, -0.15) is 13.2 Å². The van der Waals surface area contributed by atoms with Crippen molar-refractivity contribution >= 4 is 11.9 Å². The Bertz CT molecular complexity index is 534. The molecule has 0 saturated heterocycles. The standard InChI is InChI=1S/C13H15F3N2O4/c1-2-3-9(12(20)21)18-11(19)8-4-5-17-10(6-8)22-7-13(14,15)16/h4-6,9H,2-3,7H2,1H3,(H,18,19)(H,20,21). The van der Waals surface area contributed by atoms with Gasteiger partial charge in [-0.05, 0) is 12.5 Å². The predicted octanol–water partition coefficient (Wildman–Crippen LogP) is 2.01. The lowest BCUT2D eigenvalue weighted by Crippen LogP contribution is -2.40. The minimum Gasteiger partial charge on any atom is -0.480 e. The summed E-state index contributed by atoms with van der Waals surface area (Å²) < 4.78 is 40.6. The summed E-state index contributed by atoms with van der Waals surface area (Å²) in [5, 5.41) is 11.2. The van der Waals surface area contributed by atoms with Crippen molar-refractivity contribution in [3.63, 3.8) is 0 Å². The number of aliphatic carboxylic acids is 1. The van der Waals surface area contributed by atoms with Crippen LogP contribution in [0.1, 0.15) is 30.1 Å². The third-order valence-corrected chi connectivity index (χ3v) is 2.56. The minimum atomic E-state index is -4.52. The molecule has 1 aromatic rings. The highest BCUT2D eigenvalue weighted by Crippen LogP contribution is 2.17. The number of halogens is 3. The first-order valence-corrected chi connectivity index (χ1v) is 6.42. The van der Waals surface area contributed by atoms with Crippen LogP contribution in [0.3, 0.4) is 0 Å². The average Bonchev–Trinajstić information content (AvgIpc) is 2.44. The van der Waals surface area contributed by atoms with Crippen LogP contribution < -0.4 is 10.1 Å². The van der Waals surface area contributed by atoms with Crippen LogP contribution >= 0.6 is 0 Å². The number of aromatic nitrogens is 1. The molecule has 1 amide bonds. The zero-order chi connectivity index (χ0) is 16.8. The number of rotatable bonds is 7. The molecule has 0 aliphatic heterocycles. The number of nitrogens with zero attached hydrogens (tertiary/aromatic N) is 1. The molecule has 0 spiro atoms. The quantitative estimate of drug-likeness (QED) is 0.802. The molecule has 0 aromatic carbocycles. The number of amides is 1. The third kappa shape index (κ3) is 5.98. The molecule has 0 aliphatic carbocycles. The molecule has 1 unspecified atom stereocenters. The molecular formula is C13H15F3N2O4. The second-order valence-electron chi connectivity index (χ2n) is 4.44. The van der Waals surface area contributed by atoms with Crippen LogP contribution in [-0.2, 0) is 4.79 Å².